The highest BCUT2D eigenvalue weighted by molar-refractivity contribution is 4.96. The highest BCUT2D eigenvalue weighted by atomic mass is 15.1. The fourth-order valence-electron chi connectivity index (χ4n) is 3.60. The van der Waals surface area contributed by atoms with Gasteiger partial charge < -0.3 is 10.6 Å². The SMILES string of the molecule is CC1(C2(C)CCNCNC2)CCCCCC1. The van der Waals surface area contributed by atoms with Crippen LogP contribution in [0.25, 0.3) is 0 Å². The molecule has 0 aromatic rings. The van der Waals surface area contributed by atoms with Crippen molar-refractivity contribution in [3.63, 3.8) is 0 Å². The van der Waals surface area contributed by atoms with Gasteiger partial charge in [-0.1, -0.05) is 39.5 Å². The number of rotatable bonds is 1. The Morgan fingerprint density at radius 1 is 0.750 bits per heavy atom. The van der Waals surface area contributed by atoms with Crippen LogP contribution in [0.15, 0.2) is 0 Å². The third-order valence-electron chi connectivity index (χ3n) is 5.28. The Balaban J connectivity index is 2.11. The van der Waals surface area contributed by atoms with Crippen molar-refractivity contribution in [2.75, 3.05) is 19.8 Å². The van der Waals surface area contributed by atoms with Gasteiger partial charge in [0.25, 0.3) is 0 Å². The molecule has 2 heteroatoms. The van der Waals surface area contributed by atoms with Crippen molar-refractivity contribution in [1.82, 2.24) is 10.6 Å². The number of hydrogen-bond donors (Lipinski definition) is 2. The lowest BCUT2D eigenvalue weighted by molar-refractivity contribution is 0.0490. The largest absolute Gasteiger partial charge is 0.304 e. The van der Waals surface area contributed by atoms with Gasteiger partial charge in [-0.25, -0.2) is 0 Å². The molecule has 1 saturated heterocycles. The Bertz CT molecular complexity index is 185. The summed E-state index contributed by atoms with van der Waals surface area (Å²) in [5, 5.41) is 7.03. The minimum Gasteiger partial charge on any atom is -0.304 e. The van der Waals surface area contributed by atoms with Gasteiger partial charge in [0.05, 0.1) is 0 Å². The molecular formula is C14H28N2. The lowest BCUT2D eigenvalue weighted by Gasteiger charge is -2.46. The summed E-state index contributed by atoms with van der Waals surface area (Å²) in [5.41, 5.74) is 1.04. The Kier molecular flexibility index (Phi) is 3.91. The Morgan fingerprint density at radius 2 is 1.44 bits per heavy atom. The van der Waals surface area contributed by atoms with Gasteiger partial charge in [0.15, 0.2) is 0 Å². The summed E-state index contributed by atoms with van der Waals surface area (Å²) in [5.74, 6) is 0. The zero-order chi connectivity index (χ0) is 11.5. The first-order valence-corrected chi connectivity index (χ1v) is 7.08. The molecule has 2 aliphatic rings. The molecule has 2 N–H and O–H groups in total. The van der Waals surface area contributed by atoms with E-state index in [1.165, 1.54) is 58.0 Å². The van der Waals surface area contributed by atoms with Crippen LogP contribution in [0.5, 0.6) is 0 Å². The van der Waals surface area contributed by atoms with Gasteiger partial charge in [-0.05, 0) is 36.6 Å². The summed E-state index contributed by atoms with van der Waals surface area (Å²) in [6.45, 7) is 8.42. The van der Waals surface area contributed by atoms with Crippen LogP contribution >= 0.6 is 0 Å². The number of hydrogen-bond acceptors (Lipinski definition) is 2. The van der Waals surface area contributed by atoms with E-state index in [-0.39, 0.29) is 0 Å². The standard InChI is InChI=1S/C14H28N2/c1-13(7-5-3-4-6-8-13)14(2)9-10-15-12-16-11-14/h15-16H,3-12H2,1-2H3. The average molecular weight is 224 g/mol. The van der Waals surface area contributed by atoms with Gasteiger partial charge in [-0.15, -0.1) is 0 Å². The molecule has 1 unspecified atom stereocenters. The fourth-order valence-corrected chi connectivity index (χ4v) is 3.60. The molecule has 1 aliphatic carbocycles. The van der Waals surface area contributed by atoms with Crippen LogP contribution < -0.4 is 10.6 Å². The zero-order valence-electron chi connectivity index (χ0n) is 11.1. The summed E-state index contributed by atoms with van der Waals surface area (Å²) in [6.07, 6.45) is 10.0. The highest BCUT2D eigenvalue weighted by Crippen LogP contribution is 2.50. The van der Waals surface area contributed by atoms with Crippen LogP contribution in [0.1, 0.15) is 58.8 Å². The first-order valence-electron chi connectivity index (χ1n) is 7.08. The smallest absolute Gasteiger partial charge is 0.0454 e. The van der Waals surface area contributed by atoms with Crippen molar-refractivity contribution in [2.45, 2.75) is 58.8 Å². The molecule has 0 amide bonds. The van der Waals surface area contributed by atoms with E-state index in [4.69, 9.17) is 0 Å². The average Bonchev–Trinajstić information content (AvgIpc) is 2.61. The summed E-state index contributed by atoms with van der Waals surface area (Å²) in [6, 6.07) is 0. The molecule has 16 heavy (non-hydrogen) atoms. The van der Waals surface area contributed by atoms with Crippen molar-refractivity contribution in [2.24, 2.45) is 10.8 Å². The van der Waals surface area contributed by atoms with Crippen LogP contribution in [-0.4, -0.2) is 19.8 Å². The fraction of sp³-hybridized carbons (Fsp3) is 1.00. The van der Waals surface area contributed by atoms with E-state index in [0.29, 0.717) is 10.8 Å². The van der Waals surface area contributed by atoms with Gasteiger partial charge >= 0.3 is 0 Å². The lowest BCUT2D eigenvalue weighted by atomic mass is 9.60. The minimum absolute atomic E-state index is 0.487. The van der Waals surface area contributed by atoms with Gasteiger partial charge in [-0.3, -0.25) is 0 Å². The molecule has 0 bridgehead atoms. The third kappa shape index (κ3) is 2.43. The molecular weight excluding hydrogens is 196 g/mol. The highest BCUT2D eigenvalue weighted by Gasteiger charge is 2.43. The maximum absolute atomic E-state index is 3.57. The van der Waals surface area contributed by atoms with E-state index < -0.39 is 0 Å². The van der Waals surface area contributed by atoms with E-state index in [1.807, 2.05) is 0 Å². The summed E-state index contributed by atoms with van der Waals surface area (Å²) in [7, 11) is 0. The molecule has 2 nitrogen and oxygen atoms in total. The molecule has 2 fully saturated rings. The molecule has 0 aromatic heterocycles. The third-order valence-corrected chi connectivity index (χ3v) is 5.28. The molecule has 1 saturated carbocycles. The van der Waals surface area contributed by atoms with Crippen molar-refractivity contribution < 1.29 is 0 Å². The van der Waals surface area contributed by atoms with Crippen molar-refractivity contribution in [3.8, 4) is 0 Å². The van der Waals surface area contributed by atoms with Crippen molar-refractivity contribution in [3.05, 3.63) is 0 Å². The summed E-state index contributed by atoms with van der Waals surface area (Å²) >= 11 is 0. The maximum Gasteiger partial charge on any atom is 0.0454 e. The second-order valence-electron chi connectivity index (χ2n) is 6.39. The van der Waals surface area contributed by atoms with Gasteiger partial charge in [0, 0.05) is 13.2 Å². The normalized spacial score (nSPS) is 36.4. The lowest BCUT2D eigenvalue weighted by Crippen LogP contribution is -2.44. The number of nitrogens with one attached hydrogen (secondary N) is 2. The summed E-state index contributed by atoms with van der Waals surface area (Å²) < 4.78 is 0. The van der Waals surface area contributed by atoms with Crippen LogP contribution in [0.4, 0.5) is 0 Å². The first-order chi connectivity index (χ1) is 7.66. The molecule has 94 valence electrons. The molecule has 1 aliphatic heterocycles. The van der Waals surface area contributed by atoms with Crippen molar-refractivity contribution >= 4 is 0 Å². The minimum atomic E-state index is 0.487. The van der Waals surface area contributed by atoms with Gasteiger partial charge in [0.2, 0.25) is 0 Å². The zero-order valence-corrected chi connectivity index (χ0v) is 11.1. The maximum atomic E-state index is 3.57. The van der Waals surface area contributed by atoms with E-state index in [2.05, 4.69) is 24.5 Å². The first kappa shape index (κ1) is 12.4. The molecule has 2 rings (SSSR count). The Labute approximate surface area is 101 Å². The summed E-state index contributed by atoms with van der Waals surface area (Å²) in [4.78, 5) is 0. The topological polar surface area (TPSA) is 24.1 Å². The molecule has 1 heterocycles. The van der Waals surface area contributed by atoms with E-state index in [9.17, 15) is 0 Å². The van der Waals surface area contributed by atoms with Crippen LogP contribution in [0.2, 0.25) is 0 Å². The van der Waals surface area contributed by atoms with Gasteiger partial charge in [0.1, 0.15) is 0 Å². The second-order valence-corrected chi connectivity index (χ2v) is 6.39. The van der Waals surface area contributed by atoms with Gasteiger partial charge in [-0.2, -0.15) is 0 Å². The van der Waals surface area contributed by atoms with Crippen LogP contribution in [0, 0.1) is 10.8 Å². The molecule has 1 atom stereocenters. The second kappa shape index (κ2) is 5.05. The Morgan fingerprint density at radius 3 is 2.12 bits per heavy atom. The molecule has 0 spiro atoms. The monoisotopic (exact) mass is 224 g/mol. The Hall–Kier alpha value is -0.0800. The molecule has 0 radical (unpaired) electrons. The van der Waals surface area contributed by atoms with E-state index in [0.717, 1.165) is 6.67 Å². The van der Waals surface area contributed by atoms with Crippen LogP contribution in [0.3, 0.4) is 0 Å². The van der Waals surface area contributed by atoms with E-state index in [1.54, 1.807) is 0 Å². The van der Waals surface area contributed by atoms with Crippen LogP contribution in [-0.2, 0) is 0 Å². The quantitative estimate of drug-likeness (QED) is 0.669. The molecule has 0 aromatic carbocycles. The van der Waals surface area contributed by atoms with E-state index >= 15 is 0 Å². The predicted molar refractivity (Wildman–Crippen MR) is 69.4 cm³/mol. The predicted octanol–water partition coefficient (Wildman–Crippen LogP) is 2.89. The van der Waals surface area contributed by atoms with Crippen molar-refractivity contribution in [1.29, 1.82) is 0 Å².